The van der Waals surface area contributed by atoms with Crippen molar-refractivity contribution in [3.63, 3.8) is 0 Å². The summed E-state index contributed by atoms with van der Waals surface area (Å²) in [5, 5.41) is 8.18. The predicted molar refractivity (Wildman–Crippen MR) is 90.9 cm³/mol. The number of primary amides is 1. The number of nitrogens with two attached hydrogens (primary N) is 1. The fourth-order valence-electron chi connectivity index (χ4n) is 2.26. The second-order valence-corrected chi connectivity index (χ2v) is 5.52. The van der Waals surface area contributed by atoms with Gasteiger partial charge in [-0.2, -0.15) is 5.10 Å². The average molecular weight is 343 g/mol. The van der Waals surface area contributed by atoms with E-state index in [0.717, 1.165) is 5.56 Å². The third-order valence-corrected chi connectivity index (χ3v) is 3.73. The number of halogens is 1. The standard InChI is InChI=1S/C16H15ClN6O/c17-12-4-2-11(3-5-12)14(23-7-1-6-22-23)9-21-15-10-19-13(8-20-15)16(18)24/h1-8,10,14H,9H2,(H2,18,24)(H,20,21)/t14-/m1/s1. The van der Waals surface area contributed by atoms with Gasteiger partial charge in [-0.05, 0) is 23.8 Å². The highest BCUT2D eigenvalue weighted by Gasteiger charge is 2.14. The van der Waals surface area contributed by atoms with Crippen LogP contribution in [0.4, 0.5) is 5.82 Å². The maximum atomic E-state index is 11.0. The van der Waals surface area contributed by atoms with Crippen molar-refractivity contribution in [2.24, 2.45) is 5.73 Å². The number of hydrogen-bond donors (Lipinski definition) is 2. The summed E-state index contributed by atoms with van der Waals surface area (Å²) < 4.78 is 1.85. The molecule has 1 atom stereocenters. The van der Waals surface area contributed by atoms with Crippen LogP contribution >= 0.6 is 11.6 Å². The molecule has 3 rings (SSSR count). The number of nitrogens with one attached hydrogen (secondary N) is 1. The Bertz CT molecular complexity index is 802. The summed E-state index contributed by atoms with van der Waals surface area (Å²) in [6.45, 7) is 0.536. The third-order valence-electron chi connectivity index (χ3n) is 3.48. The van der Waals surface area contributed by atoms with Crippen LogP contribution in [0.15, 0.2) is 55.1 Å². The zero-order valence-corrected chi connectivity index (χ0v) is 13.4. The van der Waals surface area contributed by atoms with E-state index in [1.54, 1.807) is 6.20 Å². The number of nitrogens with zero attached hydrogens (tertiary/aromatic N) is 4. The molecule has 0 aliphatic heterocycles. The van der Waals surface area contributed by atoms with Gasteiger partial charge in [-0.25, -0.2) is 9.97 Å². The molecule has 0 aliphatic carbocycles. The van der Waals surface area contributed by atoms with E-state index in [9.17, 15) is 4.79 Å². The van der Waals surface area contributed by atoms with E-state index in [1.165, 1.54) is 12.4 Å². The van der Waals surface area contributed by atoms with Crippen LogP contribution in [-0.2, 0) is 0 Å². The first-order valence-corrected chi connectivity index (χ1v) is 7.61. The molecule has 24 heavy (non-hydrogen) atoms. The van der Waals surface area contributed by atoms with Gasteiger partial charge in [-0.1, -0.05) is 23.7 Å². The molecule has 0 bridgehead atoms. The van der Waals surface area contributed by atoms with Gasteiger partial charge in [0, 0.05) is 24.0 Å². The molecule has 0 radical (unpaired) electrons. The lowest BCUT2D eigenvalue weighted by Crippen LogP contribution is -2.21. The van der Waals surface area contributed by atoms with Crippen molar-refractivity contribution in [2.45, 2.75) is 6.04 Å². The number of rotatable bonds is 6. The van der Waals surface area contributed by atoms with Gasteiger partial charge in [0.1, 0.15) is 11.5 Å². The Labute approximate surface area is 143 Å². The summed E-state index contributed by atoms with van der Waals surface area (Å²) in [5.74, 6) is -0.0595. The molecule has 0 fully saturated rings. The number of hydrogen-bond acceptors (Lipinski definition) is 5. The molecule has 0 saturated carbocycles. The summed E-state index contributed by atoms with van der Waals surface area (Å²) in [6, 6.07) is 9.42. The molecule has 0 aliphatic rings. The number of carbonyl (C=O) groups excluding carboxylic acids is 1. The molecule has 8 heteroatoms. The van der Waals surface area contributed by atoms with Crippen LogP contribution < -0.4 is 11.1 Å². The van der Waals surface area contributed by atoms with Gasteiger partial charge in [0.05, 0.1) is 18.4 Å². The molecule has 0 spiro atoms. The minimum atomic E-state index is -0.607. The lowest BCUT2D eigenvalue weighted by Gasteiger charge is -2.19. The average Bonchev–Trinajstić information content (AvgIpc) is 3.11. The molecular weight excluding hydrogens is 328 g/mol. The molecule has 2 heterocycles. The second kappa shape index (κ2) is 7.10. The van der Waals surface area contributed by atoms with Gasteiger partial charge in [0.25, 0.3) is 5.91 Å². The van der Waals surface area contributed by atoms with Gasteiger partial charge in [-0.3, -0.25) is 9.48 Å². The van der Waals surface area contributed by atoms with Crippen molar-refractivity contribution in [2.75, 3.05) is 11.9 Å². The zero-order chi connectivity index (χ0) is 16.9. The first kappa shape index (κ1) is 15.9. The van der Waals surface area contributed by atoms with E-state index in [-0.39, 0.29) is 11.7 Å². The van der Waals surface area contributed by atoms with Gasteiger partial charge in [-0.15, -0.1) is 0 Å². The van der Waals surface area contributed by atoms with Crippen LogP contribution in [-0.4, -0.2) is 32.2 Å². The fraction of sp³-hybridized carbons (Fsp3) is 0.125. The maximum absolute atomic E-state index is 11.0. The van der Waals surface area contributed by atoms with Crippen LogP contribution in [0.2, 0.25) is 5.02 Å². The minimum absolute atomic E-state index is 0.0464. The summed E-state index contributed by atoms with van der Waals surface area (Å²) in [6.07, 6.45) is 6.44. The Hall–Kier alpha value is -2.93. The number of benzene rings is 1. The Morgan fingerprint density at radius 3 is 2.62 bits per heavy atom. The highest BCUT2D eigenvalue weighted by Crippen LogP contribution is 2.20. The Morgan fingerprint density at radius 2 is 2.04 bits per heavy atom. The Balaban J connectivity index is 1.77. The van der Waals surface area contributed by atoms with E-state index in [0.29, 0.717) is 17.4 Å². The molecule has 7 nitrogen and oxygen atoms in total. The van der Waals surface area contributed by atoms with Crippen LogP contribution in [0.25, 0.3) is 0 Å². The summed E-state index contributed by atoms with van der Waals surface area (Å²) in [4.78, 5) is 19.1. The lowest BCUT2D eigenvalue weighted by molar-refractivity contribution is 0.0995. The molecule has 122 valence electrons. The third kappa shape index (κ3) is 3.69. The van der Waals surface area contributed by atoms with Crippen molar-refractivity contribution in [1.29, 1.82) is 0 Å². The highest BCUT2D eigenvalue weighted by molar-refractivity contribution is 6.30. The van der Waals surface area contributed by atoms with E-state index in [2.05, 4.69) is 20.4 Å². The highest BCUT2D eigenvalue weighted by atomic mass is 35.5. The molecule has 0 unspecified atom stereocenters. The Kier molecular flexibility index (Phi) is 4.72. The molecule has 2 aromatic heterocycles. The number of anilines is 1. The van der Waals surface area contributed by atoms with E-state index < -0.39 is 5.91 Å². The van der Waals surface area contributed by atoms with Gasteiger partial charge in [0.15, 0.2) is 0 Å². The maximum Gasteiger partial charge on any atom is 0.268 e. The quantitative estimate of drug-likeness (QED) is 0.715. The molecular formula is C16H15ClN6O. The minimum Gasteiger partial charge on any atom is -0.366 e. The molecule has 1 amide bonds. The van der Waals surface area contributed by atoms with Crippen LogP contribution in [0.1, 0.15) is 22.1 Å². The van der Waals surface area contributed by atoms with Gasteiger partial charge >= 0.3 is 0 Å². The molecule has 3 aromatic rings. The summed E-state index contributed by atoms with van der Waals surface area (Å²) >= 11 is 5.96. The van der Waals surface area contributed by atoms with Gasteiger partial charge < -0.3 is 11.1 Å². The molecule has 1 aromatic carbocycles. The van der Waals surface area contributed by atoms with Crippen molar-refractivity contribution < 1.29 is 4.79 Å². The largest absolute Gasteiger partial charge is 0.366 e. The monoisotopic (exact) mass is 342 g/mol. The molecule has 3 N–H and O–H groups in total. The van der Waals surface area contributed by atoms with E-state index in [4.69, 9.17) is 17.3 Å². The van der Waals surface area contributed by atoms with Gasteiger partial charge in [0.2, 0.25) is 0 Å². The fourth-order valence-corrected chi connectivity index (χ4v) is 2.39. The number of amides is 1. The predicted octanol–water partition coefficient (Wildman–Crippen LogP) is 2.13. The first-order chi connectivity index (χ1) is 11.6. The number of aromatic nitrogens is 4. The van der Waals surface area contributed by atoms with Crippen molar-refractivity contribution in [1.82, 2.24) is 19.7 Å². The van der Waals surface area contributed by atoms with Crippen LogP contribution in [0.3, 0.4) is 0 Å². The van der Waals surface area contributed by atoms with Crippen molar-refractivity contribution in [3.8, 4) is 0 Å². The normalized spacial score (nSPS) is 11.9. The number of carbonyl (C=O) groups is 1. The van der Waals surface area contributed by atoms with Crippen LogP contribution in [0, 0.1) is 0 Å². The topological polar surface area (TPSA) is 98.7 Å². The summed E-state index contributed by atoms with van der Waals surface area (Å²) in [7, 11) is 0. The second-order valence-electron chi connectivity index (χ2n) is 5.09. The Morgan fingerprint density at radius 1 is 1.25 bits per heavy atom. The lowest BCUT2D eigenvalue weighted by atomic mass is 10.1. The zero-order valence-electron chi connectivity index (χ0n) is 12.6. The van der Waals surface area contributed by atoms with E-state index >= 15 is 0 Å². The smallest absolute Gasteiger partial charge is 0.268 e. The molecule has 0 saturated heterocycles. The SMILES string of the molecule is NC(=O)c1cnc(NC[C@H](c2ccc(Cl)cc2)n2cccn2)cn1. The van der Waals surface area contributed by atoms with Crippen molar-refractivity contribution in [3.05, 3.63) is 71.4 Å². The first-order valence-electron chi connectivity index (χ1n) is 7.24. The van der Waals surface area contributed by atoms with Crippen LogP contribution in [0.5, 0.6) is 0 Å². The summed E-state index contributed by atoms with van der Waals surface area (Å²) in [5.41, 5.74) is 6.33. The van der Waals surface area contributed by atoms with Crippen molar-refractivity contribution >= 4 is 23.3 Å². The van der Waals surface area contributed by atoms with E-state index in [1.807, 2.05) is 41.2 Å².